The Balaban J connectivity index is 2.08. The van der Waals surface area contributed by atoms with Gasteiger partial charge in [0.15, 0.2) is 0 Å². The zero-order valence-electron chi connectivity index (χ0n) is 12.4. The number of aromatic nitrogens is 1. The van der Waals surface area contributed by atoms with Crippen LogP contribution in [0.15, 0.2) is 24.5 Å². The second kappa shape index (κ2) is 10.6. The molecule has 2 heteroatoms. The minimum absolute atomic E-state index is 0.837. The third-order valence-corrected chi connectivity index (χ3v) is 3.14. The molecule has 0 aliphatic carbocycles. The summed E-state index contributed by atoms with van der Waals surface area (Å²) in [5, 5.41) is 0. The van der Waals surface area contributed by atoms with E-state index in [0.29, 0.717) is 0 Å². The van der Waals surface area contributed by atoms with Gasteiger partial charge >= 0.3 is 0 Å². The first-order valence-corrected chi connectivity index (χ1v) is 7.40. The lowest BCUT2D eigenvalue weighted by atomic mass is 10.1. The van der Waals surface area contributed by atoms with Gasteiger partial charge in [0.25, 0.3) is 0 Å². The maximum absolute atomic E-state index is 4.05. The molecule has 2 nitrogen and oxygen atoms in total. The average Bonchev–Trinajstić information content (AvgIpc) is 2.44. The summed E-state index contributed by atoms with van der Waals surface area (Å²) < 4.78 is 0. The molecule has 1 aromatic heterocycles. The molecule has 0 atom stereocenters. The van der Waals surface area contributed by atoms with Crippen molar-refractivity contribution >= 4 is 0 Å². The van der Waals surface area contributed by atoms with Crippen LogP contribution in [0.25, 0.3) is 0 Å². The van der Waals surface area contributed by atoms with Crippen molar-refractivity contribution in [3.05, 3.63) is 30.1 Å². The van der Waals surface area contributed by atoms with E-state index in [1.807, 2.05) is 12.1 Å². The van der Waals surface area contributed by atoms with Crippen LogP contribution >= 0.6 is 0 Å². The van der Waals surface area contributed by atoms with Gasteiger partial charge in [-0.05, 0) is 32.1 Å². The van der Waals surface area contributed by atoms with Gasteiger partial charge in [-0.15, -0.1) is 0 Å². The van der Waals surface area contributed by atoms with Crippen LogP contribution in [0, 0.1) is 11.8 Å². The fourth-order valence-electron chi connectivity index (χ4n) is 1.95. The maximum atomic E-state index is 4.05. The highest BCUT2D eigenvalue weighted by molar-refractivity contribution is 5.31. The minimum atomic E-state index is 0.837. The molecule has 19 heavy (non-hydrogen) atoms. The molecule has 0 N–H and O–H groups in total. The van der Waals surface area contributed by atoms with Crippen molar-refractivity contribution in [2.24, 2.45) is 0 Å². The van der Waals surface area contributed by atoms with Crippen LogP contribution in [-0.2, 0) is 0 Å². The molecule has 0 fully saturated rings. The fourth-order valence-corrected chi connectivity index (χ4v) is 1.95. The molecule has 0 saturated carbocycles. The number of unbranched alkanes of at least 4 members (excludes halogenated alkanes) is 5. The van der Waals surface area contributed by atoms with E-state index in [9.17, 15) is 0 Å². The Morgan fingerprint density at radius 1 is 1.16 bits per heavy atom. The number of rotatable bonds is 8. The normalized spacial score (nSPS) is 10.3. The van der Waals surface area contributed by atoms with Crippen LogP contribution in [0.3, 0.4) is 0 Å². The molecule has 1 heterocycles. The number of nitrogens with zero attached hydrogens (tertiary/aromatic N) is 2. The van der Waals surface area contributed by atoms with Crippen molar-refractivity contribution in [1.82, 2.24) is 9.88 Å². The Bertz CT molecular complexity index is 375. The van der Waals surface area contributed by atoms with E-state index in [2.05, 4.69) is 35.7 Å². The highest BCUT2D eigenvalue weighted by Crippen LogP contribution is 2.05. The Kier molecular flexibility index (Phi) is 8.76. The van der Waals surface area contributed by atoms with Gasteiger partial charge in [-0.1, -0.05) is 50.9 Å². The molecular weight excluding hydrogens is 232 g/mol. The van der Waals surface area contributed by atoms with Crippen LogP contribution in [-0.4, -0.2) is 30.0 Å². The third-order valence-electron chi connectivity index (χ3n) is 3.14. The van der Waals surface area contributed by atoms with Gasteiger partial charge in [0.05, 0.1) is 6.54 Å². The summed E-state index contributed by atoms with van der Waals surface area (Å²) >= 11 is 0. The van der Waals surface area contributed by atoms with E-state index < -0.39 is 0 Å². The van der Waals surface area contributed by atoms with E-state index in [0.717, 1.165) is 18.7 Å². The number of hydrogen-bond acceptors (Lipinski definition) is 2. The standard InChI is InChI=1S/C17H26N2/c1-3-4-5-6-7-8-14-19(2)15-10-12-17-11-9-13-18-16-17/h9,11,13,16H,3-8,14-15H2,1-2H3. The largest absolute Gasteiger partial charge is 0.295 e. The maximum Gasteiger partial charge on any atom is 0.0602 e. The summed E-state index contributed by atoms with van der Waals surface area (Å²) in [6.45, 7) is 4.24. The highest BCUT2D eigenvalue weighted by atomic mass is 15.1. The minimum Gasteiger partial charge on any atom is -0.295 e. The van der Waals surface area contributed by atoms with Crippen molar-refractivity contribution in [2.45, 2.75) is 45.4 Å². The van der Waals surface area contributed by atoms with E-state index in [-0.39, 0.29) is 0 Å². The molecule has 0 bridgehead atoms. The molecule has 0 aliphatic rings. The van der Waals surface area contributed by atoms with Crippen molar-refractivity contribution in [1.29, 1.82) is 0 Å². The molecule has 0 aromatic carbocycles. The predicted octanol–water partition coefficient (Wildman–Crippen LogP) is 3.73. The molecule has 104 valence electrons. The van der Waals surface area contributed by atoms with Gasteiger partial charge in [-0.2, -0.15) is 0 Å². The van der Waals surface area contributed by atoms with Crippen LogP contribution in [0.4, 0.5) is 0 Å². The van der Waals surface area contributed by atoms with E-state index in [1.165, 1.54) is 38.5 Å². The highest BCUT2D eigenvalue weighted by Gasteiger charge is 1.95. The van der Waals surface area contributed by atoms with Crippen molar-refractivity contribution in [3.63, 3.8) is 0 Å². The zero-order valence-corrected chi connectivity index (χ0v) is 12.4. The zero-order chi connectivity index (χ0) is 13.8. The lowest BCUT2D eigenvalue weighted by Gasteiger charge is -2.12. The Hall–Kier alpha value is -1.33. The molecular formula is C17H26N2. The summed E-state index contributed by atoms with van der Waals surface area (Å²) in [6.07, 6.45) is 11.7. The molecule has 0 aliphatic heterocycles. The van der Waals surface area contributed by atoms with E-state index in [4.69, 9.17) is 0 Å². The van der Waals surface area contributed by atoms with Crippen molar-refractivity contribution < 1.29 is 0 Å². The number of pyridine rings is 1. The van der Waals surface area contributed by atoms with Crippen LogP contribution in [0.1, 0.15) is 51.0 Å². The summed E-state index contributed by atoms with van der Waals surface area (Å²) in [6, 6.07) is 3.91. The second-order valence-corrected chi connectivity index (χ2v) is 5.05. The second-order valence-electron chi connectivity index (χ2n) is 5.05. The molecule has 1 aromatic rings. The SMILES string of the molecule is CCCCCCCCN(C)CC#Cc1cccnc1. The molecule has 1 rings (SSSR count). The summed E-state index contributed by atoms with van der Waals surface area (Å²) in [7, 11) is 2.14. The van der Waals surface area contributed by atoms with Crippen LogP contribution < -0.4 is 0 Å². The Morgan fingerprint density at radius 2 is 1.95 bits per heavy atom. The first kappa shape index (κ1) is 15.7. The van der Waals surface area contributed by atoms with Gasteiger partial charge in [-0.25, -0.2) is 0 Å². The molecule has 0 unspecified atom stereocenters. The lowest BCUT2D eigenvalue weighted by Crippen LogP contribution is -2.19. The summed E-state index contributed by atoms with van der Waals surface area (Å²) in [5.41, 5.74) is 0.996. The first-order chi connectivity index (χ1) is 9.33. The topological polar surface area (TPSA) is 16.1 Å². The Labute approximate surface area is 118 Å². The van der Waals surface area contributed by atoms with Gasteiger partial charge < -0.3 is 0 Å². The number of hydrogen-bond donors (Lipinski definition) is 0. The Morgan fingerprint density at radius 3 is 2.68 bits per heavy atom. The van der Waals surface area contributed by atoms with E-state index >= 15 is 0 Å². The summed E-state index contributed by atoms with van der Waals surface area (Å²) in [5.74, 6) is 6.34. The quantitative estimate of drug-likeness (QED) is 0.522. The molecule has 0 saturated heterocycles. The van der Waals surface area contributed by atoms with Crippen LogP contribution in [0.5, 0.6) is 0 Å². The van der Waals surface area contributed by atoms with Gasteiger partial charge in [-0.3, -0.25) is 9.88 Å². The predicted molar refractivity (Wildman–Crippen MR) is 82.0 cm³/mol. The van der Waals surface area contributed by atoms with Crippen LogP contribution in [0.2, 0.25) is 0 Å². The summed E-state index contributed by atoms with van der Waals surface area (Å²) in [4.78, 5) is 6.35. The van der Waals surface area contributed by atoms with Crippen molar-refractivity contribution in [2.75, 3.05) is 20.1 Å². The average molecular weight is 258 g/mol. The van der Waals surface area contributed by atoms with Crippen molar-refractivity contribution in [3.8, 4) is 11.8 Å². The van der Waals surface area contributed by atoms with E-state index in [1.54, 1.807) is 12.4 Å². The molecule has 0 spiro atoms. The molecule has 0 radical (unpaired) electrons. The van der Waals surface area contributed by atoms with Gasteiger partial charge in [0.1, 0.15) is 0 Å². The fraction of sp³-hybridized carbons (Fsp3) is 0.588. The lowest BCUT2D eigenvalue weighted by molar-refractivity contribution is 0.361. The monoisotopic (exact) mass is 258 g/mol. The third kappa shape index (κ3) is 8.40. The molecule has 0 amide bonds. The smallest absolute Gasteiger partial charge is 0.0602 e. The van der Waals surface area contributed by atoms with Gasteiger partial charge in [0, 0.05) is 18.0 Å². The van der Waals surface area contributed by atoms with Gasteiger partial charge in [0.2, 0.25) is 0 Å². The first-order valence-electron chi connectivity index (χ1n) is 7.40.